The number of benzene rings is 2. The molecular weight excluding hydrogens is 380 g/mol. The van der Waals surface area contributed by atoms with Gasteiger partial charge in [-0.1, -0.05) is 53.7 Å². The molecule has 3 aromatic rings. The zero-order valence-corrected chi connectivity index (χ0v) is 15.7. The van der Waals surface area contributed by atoms with Crippen molar-refractivity contribution in [2.45, 2.75) is 19.1 Å². The first-order valence-corrected chi connectivity index (χ1v) is 10.2. The summed E-state index contributed by atoms with van der Waals surface area (Å²) in [5.41, 5.74) is 2.01. The van der Waals surface area contributed by atoms with Gasteiger partial charge >= 0.3 is 15.3 Å². The van der Waals surface area contributed by atoms with Crippen molar-refractivity contribution in [3.8, 4) is 0 Å². The molecule has 1 aliphatic rings. The first kappa shape index (κ1) is 18.2. The molecule has 0 saturated heterocycles. The van der Waals surface area contributed by atoms with Gasteiger partial charge in [-0.3, -0.25) is 4.31 Å². The van der Waals surface area contributed by atoms with Crippen LogP contribution in [0, 0.1) is 0 Å². The summed E-state index contributed by atoms with van der Waals surface area (Å²) in [4.78, 5) is 12.5. The molecule has 0 fully saturated rings. The summed E-state index contributed by atoms with van der Waals surface area (Å²) in [5.74, 6) is 0. The van der Waals surface area contributed by atoms with Crippen LogP contribution < -0.4 is 4.31 Å². The Morgan fingerprint density at radius 2 is 1.86 bits per heavy atom. The average Bonchev–Trinajstić information content (AvgIpc) is 3.26. The van der Waals surface area contributed by atoms with Gasteiger partial charge in [-0.2, -0.15) is 8.42 Å². The summed E-state index contributed by atoms with van der Waals surface area (Å²) in [6, 6.07) is 15.8. The smallest absolute Gasteiger partial charge is 0.445 e. The van der Waals surface area contributed by atoms with E-state index in [0.29, 0.717) is 17.7 Å². The normalized spacial score (nSPS) is 16.4. The summed E-state index contributed by atoms with van der Waals surface area (Å²) >= 11 is 0. The molecule has 0 aliphatic carbocycles. The quantitative estimate of drug-likeness (QED) is 0.627. The van der Waals surface area contributed by atoms with E-state index in [-0.39, 0.29) is 19.2 Å². The first-order chi connectivity index (χ1) is 13.6. The molecule has 2 aromatic carbocycles. The van der Waals surface area contributed by atoms with Crippen LogP contribution in [0.25, 0.3) is 0 Å². The van der Waals surface area contributed by atoms with Gasteiger partial charge in [0.2, 0.25) is 0 Å². The van der Waals surface area contributed by atoms with E-state index in [9.17, 15) is 13.2 Å². The third kappa shape index (κ3) is 3.48. The van der Waals surface area contributed by atoms with Crippen LogP contribution in [0.1, 0.15) is 17.2 Å². The van der Waals surface area contributed by atoms with Gasteiger partial charge in [-0.25, -0.2) is 9.48 Å². The van der Waals surface area contributed by atoms with Gasteiger partial charge in [0.25, 0.3) is 0 Å². The molecule has 2 heterocycles. The minimum absolute atomic E-state index is 0.0726. The van der Waals surface area contributed by atoms with E-state index in [0.717, 1.165) is 9.87 Å². The van der Waals surface area contributed by atoms with Crippen molar-refractivity contribution >= 4 is 21.0 Å². The summed E-state index contributed by atoms with van der Waals surface area (Å²) in [6.45, 7) is -0.0377. The number of aromatic nitrogens is 3. The highest BCUT2D eigenvalue weighted by atomic mass is 32.2. The first-order valence-electron chi connectivity index (χ1n) is 8.73. The van der Waals surface area contributed by atoms with E-state index in [1.165, 1.54) is 6.20 Å². The number of nitrogens with zero attached hydrogens (tertiary/aromatic N) is 4. The lowest BCUT2D eigenvalue weighted by molar-refractivity contribution is 0.165. The molecule has 9 heteroatoms. The molecule has 1 aliphatic heterocycles. The van der Waals surface area contributed by atoms with Crippen LogP contribution >= 0.6 is 0 Å². The molecule has 0 saturated carbocycles. The maximum Gasteiger partial charge on any atom is 0.445 e. The molecular formula is C19H18N4O4S. The Bertz CT molecular complexity index is 1070. The number of anilines is 1. The number of carbonyl (C=O) groups is 1. The second kappa shape index (κ2) is 7.43. The van der Waals surface area contributed by atoms with Gasteiger partial charge in [0.15, 0.2) is 0 Å². The van der Waals surface area contributed by atoms with Gasteiger partial charge in [0, 0.05) is 6.20 Å². The van der Waals surface area contributed by atoms with E-state index in [1.54, 1.807) is 47.3 Å². The highest BCUT2D eigenvalue weighted by Crippen LogP contribution is 2.34. The van der Waals surface area contributed by atoms with Crippen molar-refractivity contribution in [3.63, 3.8) is 0 Å². The third-order valence-electron chi connectivity index (χ3n) is 4.61. The molecule has 144 valence electrons. The number of carbonyl (C=O) groups excluding carboxylic acids is 1. The number of hydrogen-bond acceptors (Lipinski definition) is 6. The molecule has 0 amide bonds. The Kier molecular flexibility index (Phi) is 4.82. The standard InChI is InChI=1S/C19H18N4O4S/c24-19(27-14-15-6-2-1-3-7-15)28(25,26)23-13-17(22-11-10-20-21-22)12-16-8-4-5-9-18(16)23/h1-11,17H,12-14H2/t17-/m1/s1. The van der Waals surface area contributed by atoms with E-state index < -0.39 is 15.3 Å². The number of para-hydroxylation sites is 1. The van der Waals surface area contributed by atoms with Crippen molar-refractivity contribution < 1.29 is 17.9 Å². The van der Waals surface area contributed by atoms with Crippen molar-refractivity contribution in [1.82, 2.24) is 15.0 Å². The van der Waals surface area contributed by atoms with E-state index >= 15 is 0 Å². The Morgan fingerprint density at radius 3 is 2.61 bits per heavy atom. The molecule has 0 N–H and O–H groups in total. The predicted octanol–water partition coefficient (Wildman–Crippen LogP) is 2.55. The van der Waals surface area contributed by atoms with E-state index in [1.807, 2.05) is 18.2 Å². The van der Waals surface area contributed by atoms with Crippen LogP contribution in [0.15, 0.2) is 67.0 Å². The summed E-state index contributed by atoms with van der Waals surface area (Å²) in [7, 11) is -4.36. The largest absolute Gasteiger partial charge is 0.448 e. The van der Waals surface area contributed by atoms with E-state index in [2.05, 4.69) is 10.3 Å². The maximum absolute atomic E-state index is 13.0. The van der Waals surface area contributed by atoms with Gasteiger partial charge in [0.1, 0.15) is 6.61 Å². The minimum Gasteiger partial charge on any atom is -0.448 e. The summed E-state index contributed by atoms with van der Waals surface area (Å²) in [6.07, 6.45) is 3.80. The monoisotopic (exact) mass is 398 g/mol. The fourth-order valence-electron chi connectivity index (χ4n) is 3.23. The van der Waals surface area contributed by atoms with Crippen LogP contribution in [0.3, 0.4) is 0 Å². The Morgan fingerprint density at radius 1 is 1.11 bits per heavy atom. The minimum atomic E-state index is -4.36. The molecule has 0 unspecified atom stereocenters. The highest BCUT2D eigenvalue weighted by Gasteiger charge is 2.38. The van der Waals surface area contributed by atoms with Gasteiger partial charge in [0.05, 0.1) is 24.5 Å². The topological polar surface area (TPSA) is 94.4 Å². The van der Waals surface area contributed by atoms with Crippen molar-refractivity contribution in [1.29, 1.82) is 0 Å². The Labute approximate surface area is 162 Å². The molecule has 0 spiro atoms. The third-order valence-corrected chi connectivity index (χ3v) is 6.07. The molecule has 1 aromatic heterocycles. The summed E-state index contributed by atoms with van der Waals surface area (Å²) < 4.78 is 33.8. The van der Waals surface area contributed by atoms with Crippen LogP contribution in [-0.4, -0.2) is 35.3 Å². The van der Waals surface area contributed by atoms with Crippen LogP contribution in [-0.2, 0) is 27.8 Å². The fraction of sp³-hybridized carbons (Fsp3) is 0.211. The lowest BCUT2D eigenvalue weighted by atomic mass is 10.00. The van der Waals surface area contributed by atoms with Crippen LogP contribution in [0.5, 0.6) is 0 Å². The summed E-state index contributed by atoms with van der Waals surface area (Å²) in [5, 5.41) is 6.50. The number of fused-ring (bicyclic) bond motifs is 1. The van der Waals surface area contributed by atoms with Crippen molar-refractivity contribution in [3.05, 3.63) is 78.1 Å². The maximum atomic E-state index is 13.0. The van der Waals surface area contributed by atoms with E-state index in [4.69, 9.17) is 4.74 Å². The molecule has 8 nitrogen and oxygen atoms in total. The lowest BCUT2D eigenvalue weighted by Gasteiger charge is -2.34. The number of sulfonamides is 1. The van der Waals surface area contributed by atoms with Crippen molar-refractivity contribution in [2.75, 3.05) is 10.8 Å². The second-order valence-electron chi connectivity index (χ2n) is 6.43. The van der Waals surface area contributed by atoms with Crippen LogP contribution in [0.4, 0.5) is 10.5 Å². The number of ether oxygens (including phenoxy) is 1. The second-order valence-corrected chi connectivity index (χ2v) is 8.15. The van der Waals surface area contributed by atoms with Gasteiger partial charge < -0.3 is 4.74 Å². The molecule has 0 bridgehead atoms. The fourth-order valence-corrected chi connectivity index (χ4v) is 4.43. The lowest BCUT2D eigenvalue weighted by Crippen LogP contribution is -2.44. The SMILES string of the molecule is O=C(OCc1ccccc1)S(=O)(=O)N1C[C@H](n2ccnn2)Cc2ccccc21. The van der Waals surface area contributed by atoms with Gasteiger partial charge in [-0.15, -0.1) is 5.10 Å². The van der Waals surface area contributed by atoms with Crippen molar-refractivity contribution in [2.24, 2.45) is 0 Å². The Balaban J connectivity index is 1.60. The molecule has 1 atom stereocenters. The number of hydrogen-bond donors (Lipinski definition) is 0. The zero-order valence-electron chi connectivity index (χ0n) is 14.9. The predicted molar refractivity (Wildman–Crippen MR) is 102 cm³/mol. The molecule has 28 heavy (non-hydrogen) atoms. The Hall–Kier alpha value is -3.20. The highest BCUT2D eigenvalue weighted by molar-refractivity contribution is 8.06. The van der Waals surface area contributed by atoms with Gasteiger partial charge in [-0.05, 0) is 23.6 Å². The zero-order chi connectivity index (χ0) is 19.6. The number of rotatable bonds is 4. The molecule has 4 rings (SSSR count). The van der Waals surface area contributed by atoms with Crippen LogP contribution in [0.2, 0.25) is 0 Å². The molecule has 0 radical (unpaired) electrons. The average molecular weight is 398 g/mol.